The van der Waals surface area contributed by atoms with Crippen LogP contribution in [-0.2, 0) is 14.3 Å². The molecule has 3 unspecified atom stereocenters. The van der Waals surface area contributed by atoms with Gasteiger partial charge in [0.25, 0.3) is 0 Å². The normalized spacial score (nSPS) is 29.5. The minimum Gasteiger partial charge on any atom is -0.480 e. The van der Waals surface area contributed by atoms with Crippen LogP contribution in [0.3, 0.4) is 0 Å². The van der Waals surface area contributed by atoms with Crippen molar-refractivity contribution in [1.82, 2.24) is 10.2 Å². The first-order chi connectivity index (χ1) is 9.15. The summed E-state index contributed by atoms with van der Waals surface area (Å²) in [6.45, 7) is 1.93. The van der Waals surface area contributed by atoms with E-state index in [1.54, 1.807) is 12.0 Å². The van der Waals surface area contributed by atoms with Gasteiger partial charge < -0.3 is 20.1 Å². The summed E-state index contributed by atoms with van der Waals surface area (Å²) in [5.41, 5.74) is 0. The van der Waals surface area contributed by atoms with Gasteiger partial charge in [-0.15, -0.1) is 0 Å². The minimum absolute atomic E-state index is 0.113. The average Bonchev–Trinajstić information content (AvgIpc) is 2.93. The first-order valence-electron chi connectivity index (χ1n) is 6.87. The Hall–Kier alpha value is -1.14. The molecule has 1 aliphatic heterocycles. The summed E-state index contributed by atoms with van der Waals surface area (Å²) in [7, 11) is 1.60. The molecular formula is C13H22N2O4. The predicted octanol–water partition coefficient (Wildman–Crippen LogP) is -0.0659. The Morgan fingerprint density at radius 2 is 2.21 bits per heavy atom. The standard InChI is InChI=1S/C13H22N2O4/c1-19-6-5-14-7-11(16)15-8-9-3-2-4-10(9)12(15)13(17)18/h9-10,12,14H,2-8H2,1H3,(H,17,18). The molecule has 2 N–H and O–H groups in total. The van der Waals surface area contributed by atoms with E-state index in [-0.39, 0.29) is 18.4 Å². The number of carboxylic acid groups (broad SMARTS) is 1. The molecule has 0 radical (unpaired) electrons. The van der Waals surface area contributed by atoms with Crippen LogP contribution in [0.2, 0.25) is 0 Å². The highest BCUT2D eigenvalue weighted by Crippen LogP contribution is 2.42. The molecule has 0 aromatic carbocycles. The SMILES string of the molecule is COCCNCC(=O)N1CC2CCCC2C1C(=O)O. The third-order valence-corrected chi connectivity index (χ3v) is 4.22. The Bertz CT molecular complexity index is 348. The van der Waals surface area contributed by atoms with Crippen molar-refractivity contribution in [2.75, 3.05) is 33.4 Å². The minimum atomic E-state index is -0.861. The number of carbonyl (C=O) groups is 2. The number of amides is 1. The number of carboxylic acids is 1. The third-order valence-electron chi connectivity index (χ3n) is 4.22. The molecule has 0 aromatic heterocycles. The van der Waals surface area contributed by atoms with Crippen molar-refractivity contribution >= 4 is 11.9 Å². The fourth-order valence-corrected chi connectivity index (χ4v) is 3.35. The van der Waals surface area contributed by atoms with Crippen LogP contribution >= 0.6 is 0 Å². The van der Waals surface area contributed by atoms with Crippen LogP contribution in [0.5, 0.6) is 0 Å². The number of nitrogens with one attached hydrogen (secondary N) is 1. The zero-order chi connectivity index (χ0) is 13.8. The van der Waals surface area contributed by atoms with Crippen LogP contribution in [0.15, 0.2) is 0 Å². The molecule has 6 heteroatoms. The number of methoxy groups -OCH3 is 1. The topological polar surface area (TPSA) is 78.9 Å². The monoisotopic (exact) mass is 270 g/mol. The highest BCUT2D eigenvalue weighted by molar-refractivity contribution is 5.85. The first-order valence-corrected chi connectivity index (χ1v) is 6.87. The molecule has 1 amide bonds. The Kier molecular flexibility index (Phi) is 4.76. The van der Waals surface area contributed by atoms with Crippen molar-refractivity contribution < 1.29 is 19.4 Å². The molecule has 108 valence electrons. The van der Waals surface area contributed by atoms with Crippen molar-refractivity contribution in [2.24, 2.45) is 11.8 Å². The summed E-state index contributed by atoms with van der Waals surface area (Å²) in [5, 5.41) is 12.3. The summed E-state index contributed by atoms with van der Waals surface area (Å²) >= 11 is 0. The first kappa shape index (κ1) is 14.3. The molecule has 19 heavy (non-hydrogen) atoms. The fraction of sp³-hybridized carbons (Fsp3) is 0.846. The maximum Gasteiger partial charge on any atom is 0.326 e. The van der Waals surface area contributed by atoms with Gasteiger partial charge in [-0.2, -0.15) is 0 Å². The van der Waals surface area contributed by atoms with E-state index >= 15 is 0 Å². The van der Waals surface area contributed by atoms with Gasteiger partial charge in [0.2, 0.25) is 5.91 Å². The van der Waals surface area contributed by atoms with Crippen LogP contribution in [0.25, 0.3) is 0 Å². The molecule has 6 nitrogen and oxygen atoms in total. The summed E-state index contributed by atoms with van der Waals surface area (Å²) in [6, 6.07) is -0.621. The van der Waals surface area contributed by atoms with E-state index in [1.165, 1.54) is 0 Å². The molecule has 0 bridgehead atoms. The second-order valence-corrected chi connectivity index (χ2v) is 5.35. The molecule has 2 fully saturated rings. The van der Waals surface area contributed by atoms with Gasteiger partial charge in [-0.1, -0.05) is 6.42 Å². The average molecular weight is 270 g/mol. The number of ether oxygens (including phenoxy) is 1. The second kappa shape index (κ2) is 6.34. The molecule has 2 rings (SSSR count). The Labute approximate surface area is 113 Å². The van der Waals surface area contributed by atoms with Gasteiger partial charge in [-0.05, 0) is 24.7 Å². The molecule has 1 saturated carbocycles. The lowest BCUT2D eigenvalue weighted by Gasteiger charge is -2.24. The molecule has 1 aliphatic carbocycles. The van der Waals surface area contributed by atoms with E-state index in [0.717, 1.165) is 19.3 Å². The van der Waals surface area contributed by atoms with Crippen molar-refractivity contribution in [1.29, 1.82) is 0 Å². The molecule has 0 aromatic rings. The molecule has 1 heterocycles. The zero-order valence-corrected chi connectivity index (χ0v) is 11.3. The Morgan fingerprint density at radius 1 is 1.42 bits per heavy atom. The fourth-order valence-electron chi connectivity index (χ4n) is 3.35. The van der Waals surface area contributed by atoms with E-state index in [4.69, 9.17) is 4.74 Å². The van der Waals surface area contributed by atoms with Gasteiger partial charge in [0.05, 0.1) is 13.2 Å². The van der Waals surface area contributed by atoms with Crippen LogP contribution < -0.4 is 5.32 Å². The Morgan fingerprint density at radius 3 is 2.89 bits per heavy atom. The lowest BCUT2D eigenvalue weighted by molar-refractivity contribution is -0.149. The van der Waals surface area contributed by atoms with Gasteiger partial charge >= 0.3 is 5.97 Å². The number of hydrogen-bond acceptors (Lipinski definition) is 4. The Balaban J connectivity index is 1.91. The van der Waals surface area contributed by atoms with Crippen LogP contribution in [-0.4, -0.2) is 61.3 Å². The van der Waals surface area contributed by atoms with Gasteiger partial charge in [0.1, 0.15) is 6.04 Å². The van der Waals surface area contributed by atoms with Gasteiger partial charge in [-0.3, -0.25) is 4.79 Å². The van der Waals surface area contributed by atoms with E-state index in [1.807, 2.05) is 0 Å². The van der Waals surface area contributed by atoms with Crippen LogP contribution in [0.4, 0.5) is 0 Å². The zero-order valence-electron chi connectivity index (χ0n) is 11.3. The van der Waals surface area contributed by atoms with Crippen LogP contribution in [0, 0.1) is 11.8 Å². The van der Waals surface area contributed by atoms with Crippen molar-refractivity contribution in [3.63, 3.8) is 0 Å². The lowest BCUT2D eigenvalue weighted by atomic mass is 9.94. The molecular weight excluding hydrogens is 248 g/mol. The molecule has 0 spiro atoms. The number of fused-ring (bicyclic) bond motifs is 1. The number of carbonyl (C=O) groups excluding carboxylic acids is 1. The molecule has 3 atom stereocenters. The maximum atomic E-state index is 12.1. The van der Waals surface area contributed by atoms with Crippen molar-refractivity contribution in [2.45, 2.75) is 25.3 Å². The van der Waals surface area contributed by atoms with Gasteiger partial charge in [-0.25, -0.2) is 4.79 Å². The number of likely N-dealkylation sites (tertiary alicyclic amines) is 1. The maximum absolute atomic E-state index is 12.1. The van der Waals surface area contributed by atoms with Crippen molar-refractivity contribution in [3.8, 4) is 0 Å². The largest absolute Gasteiger partial charge is 0.480 e. The summed E-state index contributed by atoms with van der Waals surface area (Å²) in [5.74, 6) is -0.443. The quantitative estimate of drug-likeness (QED) is 0.661. The molecule has 2 aliphatic rings. The van der Waals surface area contributed by atoms with E-state index < -0.39 is 12.0 Å². The predicted molar refractivity (Wildman–Crippen MR) is 68.7 cm³/mol. The number of nitrogens with zero attached hydrogens (tertiary/aromatic N) is 1. The van der Waals surface area contributed by atoms with Crippen LogP contribution in [0.1, 0.15) is 19.3 Å². The van der Waals surface area contributed by atoms with E-state index in [9.17, 15) is 14.7 Å². The smallest absolute Gasteiger partial charge is 0.326 e. The van der Waals surface area contributed by atoms with Crippen molar-refractivity contribution in [3.05, 3.63) is 0 Å². The number of aliphatic carboxylic acids is 1. The second-order valence-electron chi connectivity index (χ2n) is 5.35. The third kappa shape index (κ3) is 3.06. The van der Waals surface area contributed by atoms with E-state index in [2.05, 4.69) is 5.32 Å². The molecule has 1 saturated heterocycles. The van der Waals surface area contributed by atoms with Gasteiger partial charge in [0, 0.05) is 20.2 Å². The van der Waals surface area contributed by atoms with E-state index in [0.29, 0.717) is 25.6 Å². The number of hydrogen-bond donors (Lipinski definition) is 2. The number of rotatable bonds is 6. The van der Waals surface area contributed by atoms with Gasteiger partial charge in [0.15, 0.2) is 0 Å². The highest BCUT2D eigenvalue weighted by Gasteiger charge is 2.49. The summed E-state index contributed by atoms with van der Waals surface area (Å²) in [6.07, 6.45) is 3.07. The lowest BCUT2D eigenvalue weighted by Crippen LogP contribution is -2.46. The summed E-state index contributed by atoms with van der Waals surface area (Å²) in [4.78, 5) is 25.1. The highest BCUT2D eigenvalue weighted by atomic mass is 16.5. The summed E-state index contributed by atoms with van der Waals surface area (Å²) < 4.78 is 4.89.